The molecule has 0 spiro atoms. The predicted molar refractivity (Wildman–Crippen MR) is 102 cm³/mol. The summed E-state index contributed by atoms with van der Waals surface area (Å²) in [6.45, 7) is 0. The lowest BCUT2D eigenvalue weighted by molar-refractivity contribution is 1.59. The van der Waals surface area contributed by atoms with Gasteiger partial charge in [-0.15, -0.1) is 0 Å². The van der Waals surface area contributed by atoms with Crippen LogP contribution in [0.1, 0.15) is 0 Å². The van der Waals surface area contributed by atoms with E-state index in [-0.39, 0.29) is 0 Å². The van der Waals surface area contributed by atoms with E-state index in [1.165, 1.54) is 53.6 Å². The monoisotopic (exact) mass is 302 g/mol. The molecule has 0 atom stereocenters. The Labute approximate surface area is 139 Å². The second kappa shape index (κ2) is 4.24. The summed E-state index contributed by atoms with van der Waals surface area (Å²) in [4.78, 5) is 0. The van der Waals surface area contributed by atoms with Crippen molar-refractivity contribution in [1.29, 1.82) is 0 Å². The second-order valence-electron chi connectivity index (χ2n) is 6.61. The van der Waals surface area contributed by atoms with E-state index in [0.29, 0.717) is 0 Å². The van der Waals surface area contributed by atoms with Crippen molar-refractivity contribution in [1.82, 2.24) is 0 Å². The van der Waals surface area contributed by atoms with E-state index in [9.17, 15) is 0 Å². The molecule has 0 fully saturated rings. The van der Waals surface area contributed by atoms with Crippen LogP contribution < -0.4 is 20.9 Å². The number of rotatable bonds is 0. The standard InChI is InChI=1S/C24H14/c1-3-7-17-15(5-1)9-11-19-21(17)13-23-20-12-10-16-6-2-4-8-18(16)22(20)14-24(19)23/h1-14H. The minimum Gasteiger partial charge on any atom is -0.0616 e. The Morgan fingerprint density at radius 1 is 0.417 bits per heavy atom. The fraction of sp³-hybridized carbons (Fsp3) is 0. The van der Waals surface area contributed by atoms with Crippen LogP contribution in [0.2, 0.25) is 0 Å². The van der Waals surface area contributed by atoms with E-state index in [2.05, 4.69) is 84.9 Å². The van der Waals surface area contributed by atoms with E-state index in [1.807, 2.05) is 0 Å². The summed E-state index contributed by atoms with van der Waals surface area (Å²) >= 11 is 0. The van der Waals surface area contributed by atoms with Crippen molar-refractivity contribution in [3.63, 3.8) is 0 Å². The largest absolute Gasteiger partial charge is 0.0616 e. The van der Waals surface area contributed by atoms with Gasteiger partial charge in [0.2, 0.25) is 0 Å². The van der Waals surface area contributed by atoms with Crippen LogP contribution in [-0.4, -0.2) is 0 Å². The van der Waals surface area contributed by atoms with Crippen LogP contribution in [0.5, 0.6) is 0 Å². The molecule has 0 radical (unpaired) electrons. The fourth-order valence-electron chi connectivity index (χ4n) is 4.26. The van der Waals surface area contributed by atoms with Gasteiger partial charge in [0, 0.05) is 0 Å². The van der Waals surface area contributed by atoms with Crippen molar-refractivity contribution in [2.75, 3.05) is 0 Å². The molecule has 2 aliphatic carbocycles. The summed E-state index contributed by atoms with van der Waals surface area (Å²) in [7, 11) is 0. The summed E-state index contributed by atoms with van der Waals surface area (Å²) in [5.74, 6) is 0. The maximum Gasteiger partial charge on any atom is -0.00923 e. The van der Waals surface area contributed by atoms with Gasteiger partial charge in [0.25, 0.3) is 0 Å². The fourth-order valence-corrected chi connectivity index (χ4v) is 4.26. The summed E-state index contributed by atoms with van der Waals surface area (Å²) in [5.41, 5.74) is 2.75. The van der Waals surface area contributed by atoms with Gasteiger partial charge in [0.15, 0.2) is 0 Å². The van der Waals surface area contributed by atoms with Crippen LogP contribution >= 0.6 is 0 Å². The number of fused-ring (bicyclic) bond motifs is 7. The van der Waals surface area contributed by atoms with Crippen LogP contribution in [-0.2, 0) is 0 Å². The van der Waals surface area contributed by atoms with Crippen molar-refractivity contribution >= 4 is 44.8 Å². The number of hydrogen-bond acceptors (Lipinski definition) is 0. The summed E-state index contributed by atoms with van der Waals surface area (Å²) in [6.07, 6.45) is 4.76. The SMILES string of the molecule is C1=c2c(ccc3ccccc23)=C2C=c3c(ccc4ccccc34)=C12. The third kappa shape index (κ3) is 1.43. The molecule has 0 aromatic heterocycles. The average Bonchev–Trinajstić information content (AvgIpc) is 3.18. The molecule has 6 rings (SSSR count). The highest BCUT2D eigenvalue weighted by molar-refractivity contribution is 6.20. The lowest BCUT2D eigenvalue weighted by atomic mass is 10.1. The first-order valence-electron chi connectivity index (χ1n) is 8.38. The van der Waals surface area contributed by atoms with E-state index < -0.39 is 0 Å². The second-order valence-corrected chi connectivity index (χ2v) is 6.61. The minimum absolute atomic E-state index is 1.31. The van der Waals surface area contributed by atoms with Crippen molar-refractivity contribution in [3.05, 3.63) is 93.7 Å². The molecule has 0 N–H and O–H groups in total. The maximum atomic E-state index is 2.38. The number of hydrogen-bond donors (Lipinski definition) is 0. The molecule has 0 nitrogen and oxygen atoms in total. The molecule has 4 aromatic rings. The van der Waals surface area contributed by atoms with E-state index in [4.69, 9.17) is 0 Å². The van der Waals surface area contributed by atoms with Gasteiger partial charge >= 0.3 is 0 Å². The molecule has 0 amide bonds. The maximum absolute atomic E-state index is 2.38. The Hall–Kier alpha value is -3.12. The average molecular weight is 302 g/mol. The highest BCUT2D eigenvalue weighted by atomic mass is 14.2. The van der Waals surface area contributed by atoms with E-state index in [0.717, 1.165) is 0 Å². The zero-order chi connectivity index (χ0) is 15.7. The molecule has 0 heteroatoms. The molecule has 110 valence electrons. The van der Waals surface area contributed by atoms with E-state index in [1.54, 1.807) is 0 Å². The summed E-state index contributed by atoms with van der Waals surface area (Å²) in [6, 6.07) is 26.4. The lowest BCUT2D eigenvalue weighted by Gasteiger charge is -1.98. The third-order valence-corrected chi connectivity index (χ3v) is 5.39. The Kier molecular flexibility index (Phi) is 2.18. The first-order chi connectivity index (χ1) is 11.9. The Bertz CT molecular complexity index is 1320. The van der Waals surface area contributed by atoms with Crippen molar-refractivity contribution in [2.24, 2.45) is 0 Å². The predicted octanol–water partition coefficient (Wildman–Crippen LogP) is 2.58. The zero-order valence-corrected chi connectivity index (χ0v) is 13.1. The van der Waals surface area contributed by atoms with Crippen LogP contribution in [0.4, 0.5) is 0 Å². The molecule has 0 bridgehead atoms. The molecule has 0 saturated heterocycles. The molecule has 4 aromatic carbocycles. The van der Waals surface area contributed by atoms with Gasteiger partial charge in [0.1, 0.15) is 0 Å². The van der Waals surface area contributed by atoms with Gasteiger partial charge in [-0.05, 0) is 65.7 Å². The third-order valence-electron chi connectivity index (χ3n) is 5.39. The molecule has 0 saturated carbocycles. The molecule has 0 heterocycles. The topological polar surface area (TPSA) is 0 Å². The highest BCUT2D eigenvalue weighted by Crippen LogP contribution is 2.22. The minimum atomic E-state index is 1.31. The van der Waals surface area contributed by atoms with Crippen molar-refractivity contribution < 1.29 is 0 Å². The van der Waals surface area contributed by atoms with Crippen LogP contribution in [0.25, 0.3) is 44.8 Å². The molecule has 0 aliphatic heterocycles. The number of benzene rings is 4. The normalized spacial score (nSPS) is 14.3. The van der Waals surface area contributed by atoms with Gasteiger partial charge in [-0.1, -0.05) is 72.8 Å². The Morgan fingerprint density at radius 2 is 0.875 bits per heavy atom. The quantitative estimate of drug-likeness (QED) is 0.468. The van der Waals surface area contributed by atoms with Gasteiger partial charge in [-0.3, -0.25) is 0 Å². The zero-order valence-electron chi connectivity index (χ0n) is 13.1. The smallest absolute Gasteiger partial charge is 0.00923 e. The first-order valence-corrected chi connectivity index (χ1v) is 8.38. The van der Waals surface area contributed by atoms with Crippen LogP contribution in [0, 0.1) is 0 Å². The highest BCUT2D eigenvalue weighted by Gasteiger charge is 2.17. The molecule has 0 unspecified atom stereocenters. The van der Waals surface area contributed by atoms with E-state index >= 15 is 0 Å². The Balaban J connectivity index is 1.85. The summed E-state index contributed by atoms with van der Waals surface area (Å²) in [5, 5.41) is 10.8. The van der Waals surface area contributed by atoms with Gasteiger partial charge in [-0.25, -0.2) is 0 Å². The Morgan fingerprint density at radius 3 is 1.38 bits per heavy atom. The molecule has 24 heavy (non-hydrogen) atoms. The summed E-state index contributed by atoms with van der Waals surface area (Å²) < 4.78 is 0. The first kappa shape index (κ1) is 12.3. The lowest BCUT2D eigenvalue weighted by Crippen LogP contribution is -2.25. The molecule has 2 aliphatic rings. The molecular formula is C24H14. The van der Waals surface area contributed by atoms with Crippen LogP contribution in [0.3, 0.4) is 0 Å². The molecular weight excluding hydrogens is 288 g/mol. The van der Waals surface area contributed by atoms with Gasteiger partial charge < -0.3 is 0 Å². The van der Waals surface area contributed by atoms with Crippen molar-refractivity contribution in [3.8, 4) is 0 Å². The van der Waals surface area contributed by atoms with Crippen molar-refractivity contribution in [2.45, 2.75) is 0 Å². The van der Waals surface area contributed by atoms with Crippen LogP contribution in [0.15, 0.2) is 72.8 Å². The van der Waals surface area contributed by atoms with Gasteiger partial charge in [-0.2, -0.15) is 0 Å². The van der Waals surface area contributed by atoms with Gasteiger partial charge in [0.05, 0.1) is 0 Å².